The van der Waals surface area contributed by atoms with E-state index in [-0.39, 0.29) is 11.8 Å². The maximum absolute atomic E-state index is 12.5. The second-order valence-electron chi connectivity index (χ2n) is 7.18. The number of pyridine rings is 1. The number of aryl methyl sites for hydroxylation is 1. The van der Waals surface area contributed by atoms with Crippen LogP contribution >= 0.6 is 0 Å². The van der Waals surface area contributed by atoms with Crippen molar-refractivity contribution in [1.29, 1.82) is 0 Å². The van der Waals surface area contributed by atoms with Crippen LogP contribution in [-0.4, -0.2) is 21.2 Å². The molecule has 2 aromatic carbocycles. The summed E-state index contributed by atoms with van der Waals surface area (Å²) in [5, 5.41) is 5.52. The first-order valence-corrected chi connectivity index (χ1v) is 9.83. The van der Waals surface area contributed by atoms with Crippen molar-refractivity contribution in [3.8, 4) is 5.75 Å². The molecular formula is C24H22N4O3. The van der Waals surface area contributed by atoms with Crippen LogP contribution in [0.3, 0.4) is 0 Å². The van der Waals surface area contributed by atoms with Gasteiger partial charge in [-0.3, -0.25) is 9.59 Å². The zero-order chi connectivity index (χ0) is 21.8. The number of carbonyl (C=O) groups excluding carboxylic acids is 2. The molecule has 4 rings (SSSR count). The van der Waals surface area contributed by atoms with Crippen molar-refractivity contribution < 1.29 is 14.3 Å². The quantitative estimate of drug-likeness (QED) is 0.489. The molecule has 0 saturated heterocycles. The van der Waals surface area contributed by atoms with Crippen molar-refractivity contribution in [3.63, 3.8) is 0 Å². The number of anilines is 2. The topological polar surface area (TPSA) is 84.7 Å². The average molecular weight is 414 g/mol. The molecule has 0 fully saturated rings. The zero-order valence-electron chi connectivity index (χ0n) is 17.3. The highest BCUT2D eigenvalue weighted by molar-refractivity contribution is 6.04. The Labute approximate surface area is 179 Å². The van der Waals surface area contributed by atoms with Crippen molar-refractivity contribution in [1.82, 2.24) is 9.38 Å². The maximum Gasteiger partial charge on any atom is 0.255 e. The molecule has 0 spiro atoms. The molecule has 7 heteroatoms. The highest BCUT2D eigenvalue weighted by Crippen LogP contribution is 2.18. The predicted molar refractivity (Wildman–Crippen MR) is 119 cm³/mol. The van der Waals surface area contributed by atoms with E-state index in [9.17, 15) is 9.59 Å². The van der Waals surface area contributed by atoms with E-state index in [0.29, 0.717) is 29.3 Å². The third-order valence-electron chi connectivity index (χ3n) is 4.67. The SMILES string of the molecule is CC(=O)Nc1cccc(NC(=O)c2ccc(OCc3cn4cccc(C)c4n3)cc2)c1. The zero-order valence-corrected chi connectivity index (χ0v) is 17.3. The minimum atomic E-state index is -0.248. The number of fused-ring (bicyclic) bond motifs is 1. The minimum absolute atomic E-state index is 0.169. The summed E-state index contributed by atoms with van der Waals surface area (Å²) >= 11 is 0. The molecule has 0 radical (unpaired) electrons. The van der Waals surface area contributed by atoms with Gasteiger partial charge in [-0.15, -0.1) is 0 Å². The van der Waals surface area contributed by atoms with Gasteiger partial charge in [0.25, 0.3) is 5.91 Å². The number of carbonyl (C=O) groups is 2. The Bertz CT molecular complexity index is 1250. The molecule has 2 N–H and O–H groups in total. The van der Waals surface area contributed by atoms with Gasteiger partial charge >= 0.3 is 0 Å². The van der Waals surface area contributed by atoms with E-state index >= 15 is 0 Å². The molecule has 0 aliphatic rings. The van der Waals surface area contributed by atoms with E-state index in [1.807, 2.05) is 35.9 Å². The number of rotatable bonds is 6. The summed E-state index contributed by atoms with van der Waals surface area (Å²) < 4.78 is 7.79. The molecule has 4 aromatic rings. The number of hydrogen-bond donors (Lipinski definition) is 2. The molecule has 156 valence electrons. The van der Waals surface area contributed by atoms with E-state index in [1.54, 1.807) is 48.5 Å². The number of nitrogens with one attached hydrogen (secondary N) is 2. The van der Waals surface area contributed by atoms with E-state index in [2.05, 4.69) is 15.6 Å². The largest absolute Gasteiger partial charge is 0.487 e. The molecule has 31 heavy (non-hydrogen) atoms. The first kappa shape index (κ1) is 20.2. The lowest BCUT2D eigenvalue weighted by atomic mass is 10.2. The van der Waals surface area contributed by atoms with E-state index in [4.69, 9.17) is 4.74 Å². The Morgan fingerprint density at radius 3 is 2.45 bits per heavy atom. The highest BCUT2D eigenvalue weighted by atomic mass is 16.5. The van der Waals surface area contributed by atoms with Crippen LogP contribution in [0.15, 0.2) is 73.1 Å². The van der Waals surface area contributed by atoms with Crippen molar-refractivity contribution in [2.24, 2.45) is 0 Å². The van der Waals surface area contributed by atoms with E-state index < -0.39 is 0 Å². The van der Waals surface area contributed by atoms with Crippen LogP contribution in [-0.2, 0) is 11.4 Å². The van der Waals surface area contributed by atoms with Gasteiger partial charge in [0, 0.05) is 36.3 Å². The lowest BCUT2D eigenvalue weighted by Crippen LogP contribution is -2.12. The van der Waals surface area contributed by atoms with Crippen LogP contribution in [0.1, 0.15) is 28.5 Å². The fourth-order valence-corrected chi connectivity index (χ4v) is 3.21. The van der Waals surface area contributed by atoms with Crippen LogP contribution in [0.25, 0.3) is 5.65 Å². The van der Waals surface area contributed by atoms with Gasteiger partial charge in [0.2, 0.25) is 5.91 Å². The van der Waals surface area contributed by atoms with Gasteiger partial charge in [0.15, 0.2) is 0 Å². The van der Waals surface area contributed by atoms with E-state index in [0.717, 1.165) is 16.9 Å². The number of amides is 2. The summed E-state index contributed by atoms with van der Waals surface area (Å²) in [6.45, 7) is 3.79. The molecule has 7 nitrogen and oxygen atoms in total. The average Bonchev–Trinajstić information content (AvgIpc) is 3.17. The van der Waals surface area contributed by atoms with Crippen LogP contribution in [0.5, 0.6) is 5.75 Å². The molecule has 0 atom stereocenters. The Balaban J connectivity index is 1.37. The third-order valence-corrected chi connectivity index (χ3v) is 4.67. The first-order valence-electron chi connectivity index (χ1n) is 9.83. The summed E-state index contributed by atoms with van der Waals surface area (Å²) in [6.07, 6.45) is 3.90. The Kier molecular flexibility index (Phi) is 5.66. The second-order valence-corrected chi connectivity index (χ2v) is 7.18. The normalized spacial score (nSPS) is 10.6. The summed E-state index contributed by atoms with van der Waals surface area (Å²) in [6, 6.07) is 17.9. The maximum atomic E-state index is 12.5. The molecule has 0 aliphatic carbocycles. The van der Waals surface area contributed by atoms with Gasteiger partial charge in [-0.2, -0.15) is 0 Å². The van der Waals surface area contributed by atoms with Crippen molar-refractivity contribution in [3.05, 3.63) is 89.9 Å². The second kappa shape index (κ2) is 8.71. The van der Waals surface area contributed by atoms with Gasteiger partial charge < -0.3 is 19.8 Å². The number of aromatic nitrogens is 2. The standard InChI is InChI=1S/C24H22N4O3/c1-16-5-4-12-28-14-21(26-23(16)28)15-31-22-10-8-18(9-11-22)24(30)27-20-7-3-6-19(13-20)25-17(2)29/h3-14H,15H2,1-2H3,(H,25,29)(H,27,30). The monoisotopic (exact) mass is 414 g/mol. The van der Waals surface area contributed by atoms with Crippen LogP contribution < -0.4 is 15.4 Å². The fraction of sp³-hybridized carbons (Fsp3) is 0.125. The molecule has 0 aliphatic heterocycles. The Morgan fingerprint density at radius 1 is 1.00 bits per heavy atom. The summed E-state index contributed by atoms with van der Waals surface area (Å²) in [5.41, 5.74) is 4.56. The molecule has 2 amide bonds. The number of hydrogen-bond acceptors (Lipinski definition) is 4. The summed E-state index contributed by atoms with van der Waals surface area (Å²) in [7, 11) is 0. The minimum Gasteiger partial charge on any atom is -0.487 e. The third kappa shape index (κ3) is 4.90. The van der Waals surface area contributed by atoms with Crippen molar-refractivity contribution in [2.45, 2.75) is 20.5 Å². The number of ether oxygens (including phenoxy) is 1. The molecule has 0 bridgehead atoms. The Morgan fingerprint density at radius 2 is 1.74 bits per heavy atom. The number of imidazole rings is 1. The molecule has 0 unspecified atom stereocenters. The molecule has 2 aromatic heterocycles. The van der Waals surface area contributed by atoms with Gasteiger partial charge in [-0.05, 0) is 61.0 Å². The fourth-order valence-electron chi connectivity index (χ4n) is 3.21. The predicted octanol–water partition coefficient (Wildman–Crippen LogP) is 4.43. The summed E-state index contributed by atoms with van der Waals surface area (Å²) in [4.78, 5) is 28.3. The van der Waals surface area contributed by atoms with Gasteiger partial charge in [-0.1, -0.05) is 12.1 Å². The molecule has 2 heterocycles. The molecule has 0 saturated carbocycles. The first-order chi connectivity index (χ1) is 15.0. The Hall–Kier alpha value is -4.13. The summed E-state index contributed by atoms with van der Waals surface area (Å²) in [5.74, 6) is 0.234. The van der Waals surface area contributed by atoms with Gasteiger partial charge in [0.05, 0.1) is 5.69 Å². The van der Waals surface area contributed by atoms with Crippen LogP contribution in [0.2, 0.25) is 0 Å². The van der Waals surface area contributed by atoms with Crippen LogP contribution in [0, 0.1) is 6.92 Å². The number of nitrogens with zero attached hydrogens (tertiary/aromatic N) is 2. The lowest BCUT2D eigenvalue weighted by molar-refractivity contribution is -0.114. The van der Waals surface area contributed by atoms with Crippen molar-refractivity contribution in [2.75, 3.05) is 10.6 Å². The lowest BCUT2D eigenvalue weighted by Gasteiger charge is -2.09. The van der Waals surface area contributed by atoms with Crippen LogP contribution in [0.4, 0.5) is 11.4 Å². The van der Waals surface area contributed by atoms with E-state index in [1.165, 1.54) is 6.92 Å². The highest BCUT2D eigenvalue weighted by Gasteiger charge is 2.08. The molecular weight excluding hydrogens is 392 g/mol. The number of benzene rings is 2. The smallest absolute Gasteiger partial charge is 0.255 e. The van der Waals surface area contributed by atoms with Gasteiger partial charge in [0.1, 0.15) is 18.0 Å². The van der Waals surface area contributed by atoms with Crippen molar-refractivity contribution >= 4 is 28.8 Å². The van der Waals surface area contributed by atoms with Gasteiger partial charge in [-0.25, -0.2) is 4.98 Å².